The molecular formula is C26H27NO6. The van der Waals surface area contributed by atoms with Crippen molar-refractivity contribution < 1.29 is 28.6 Å². The van der Waals surface area contributed by atoms with Gasteiger partial charge in [0.15, 0.2) is 6.61 Å². The standard InChI is InChI=1S/C26H27NO6/c1-3-30-26(28)19-33-24-15-13-23(14-16-24)31-17-20-9-11-22(12-10-20)32-18-25(27-29-2)21-7-5-4-6-8-21/h4-16H,3,17-19H2,1-2H3. The summed E-state index contributed by atoms with van der Waals surface area (Å²) in [6.07, 6.45) is 0. The van der Waals surface area contributed by atoms with Crippen LogP contribution in [-0.2, 0) is 21.0 Å². The average Bonchev–Trinajstić information content (AvgIpc) is 2.86. The SMILES string of the molecule is CCOC(=O)COc1ccc(OCc2ccc(OCC(=NOC)c3ccccc3)cc2)cc1. The van der Waals surface area contributed by atoms with Gasteiger partial charge in [0.1, 0.15) is 43.3 Å². The molecule has 0 bridgehead atoms. The fraction of sp³-hybridized carbons (Fsp3) is 0.231. The molecular weight excluding hydrogens is 422 g/mol. The molecule has 0 spiro atoms. The first kappa shape index (κ1) is 23.7. The summed E-state index contributed by atoms with van der Waals surface area (Å²) in [6.45, 7) is 2.66. The van der Waals surface area contributed by atoms with Gasteiger partial charge in [-0.25, -0.2) is 4.79 Å². The Balaban J connectivity index is 1.46. The summed E-state index contributed by atoms with van der Waals surface area (Å²) in [5.74, 6) is 1.60. The number of oxime groups is 1. The highest BCUT2D eigenvalue weighted by atomic mass is 16.6. The van der Waals surface area contributed by atoms with Gasteiger partial charge in [-0.3, -0.25) is 0 Å². The van der Waals surface area contributed by atoms with Crippen LogP contribution in [0.2, 0.25) is 0 Å². The second kappa shape index (κ2) is 12.8. The van der Waals surface area contributed by atoms with E-state index in [1.165, 1.54) is 7.11 Å². The Kier molecular flexibility index (Phi) is 9.15. The Hall–Kier alpha value is -4.00. The van der Waals surface area contributed by atoms with Crippen molar-refractivity contribution in [1.29, 1.82) is 0 Å². The number of esters is 1. The molecule has 7 nitrogen and oxygen atoms in total. The van der Waals surface area contributed by atoms with Gasteiger partial charge < -0.3 is 23.8 Å². The fourth-order valence-corrected chi connectivity index (χ4v) is 2.88. The molecule has 0 amide bonds. The molecule has 7 heteroatoms. The van der Waals surface area contributed by atoms with E-state index in [1.807, 2.05) is 54.6 Å². The third-order valence-electron chi connectivity index (χ3n) is 4.50. The second-order valence-corrected chi connectivity index (χ2v) is 6.87. The lowest BCUT2D eigenvalue weighted by atomic mass is 10.1. The summed E-state index contributed by atoms with van der Waals surface area (Å²) in [6, 6.07) is 24.5. The van der Waals surface area contributed by atoms with E-state index in [9.17, 15) is 4.79 Å². The third kappa shape index (κ3) is 7.88. The lowest BCUT2D eigenvalue weighted by Crippen LogP contribution is -2.14. The minimum Gasteiger partial charge on any atom is -0.489 e. The molecule has 3 aromatic rings. The van der Waals surface area contributed by atoms with Gasteiger partial charge in [0, 0.05) is 5.56 Å². The van der Waals surface area contributed by atoms with Crippen LogP contribution in [0.3, 0.4) is 0 Å². The first-order valence-electron chi connectivity index (χ1n) is 10.6. The summed E-state index contributed by atoms with van der Waals surface area (Å²) in [5.41, 5.74) is 2.65. The predicted octanol–water partition coefficient (Wildman–Crippen LogP) is 4.64. The number of nitrogens with zero attached hydrogens (tertiary/aromatic N) is 1. The molecule has 0 saturated carbocycles. The van der Waals surface area contributed by atoms with Gasteiger partial charge in [-0.1, -0.05) is 47.6 Å². The third-order valence-corrected chi connectivity index (χ3v) is 4.50. The monoisotopic (exact) mass is 449 g/mol. The van der Waals surface area contributed by atoms with Crippen molar-refractivity contribution in [3.63, 3.8) is 0 Å². The Bertz CT molecular complexity index is 1020. The number of carbonyl (C=O) groups excluding carboxylic acids is 1. The van der Waals surface area contributed by atoms with Crippen molar-refractivity contribution in [2.75, 3.05) is 26.9 Å². The first-order valence-corrected chi connectivity index (χ1v) is 10.6. The summed E-state index contributed by atoms with van der Waals surface area (Å²) in [5, 5.41) is 4.06. The molecule has 3 rings (SSSR count). The molecule has 3 aromatic carbocycles. The van der Waals surface area contributed by atoms with E-state index in [1.54, 1.807) is 31.2 Å². The largest absolute Gasteiger partial charge is 0.489 e. The van der Waals surface area contributed by atoms with Crippen LogP contribution in [0.4, 0.5) is 0 Å². The smallest absolute Gasteiger partial charge is 0.344 e. The maximum Gasteiger partial charge on any atom is 0.344 e. The molecule has 0 fully saturated rings. The van der Waals surface area contributed by atoms with Crippen LogP contribution in [0.1, 0.15) is 18.1 Å². The van der Waals surface area contributed by atoms with E-state index in [0.717, 1.165) is 16.9 Å². The van der Waals surface area contributed by atoms with Crippen molar-refractivity contribution in [2.24, 2.45) is 5.16 Å². The minimum absolute atomic E-state index is 0.118. The van der Waals surface area contributed by atoms with Crippen LogP contribution in [-0.4, -0.2) is 38.6 Å². The highest BCUT2D eigenvalue weighted by Crippen LogP contribution is 2.20. The fourth-order valence-electron chi connectivity index (χ4n) is 2.88. The van der Waals surface area contributed by atoms with Crippen molar-refractivity contribution in [3.05, 3.63) is 90.0 Å². The van der Waals surface area contributed by atoms with E-state index >= 15 is 0 Å². The van der Waals surface area contributed by atoms with Gasteiger partial charge in [0.25, 0.3) is 0 Å². The first-order chi connectivity index (χ1) is 16.2. The molecule has 0 saturated heterocycles. The predicted molar refractivity (Wildman–Crippen MR) is 125 cm³/mol. The van der Waals surface area contributed by atoms with Crippen LogP contribution < -0.4 is 14.2 Å². The second-order valence-electron chi connectivity index (χ2n) is 6.87. The Morgan fingerprint density at radius 1 is 0.758 bits per heavy atom. The molecule has 33 heavy (non-hydrogen) atoms. The van der Waals surface area contributed by atoms with Gasteiger partial charge in [-0.15, -0.1) is 0 Å². The Morgan fingerprint density at radius 3 is 1.94 bits per heavy atom. The van der Waals surface area contributed by atoms with Gasteiger partial charge in [-0.05, 0) is 48.9 Å². The van der Waals surface area contributed by atoms with Crippen LogP contribution in [0, 0.1) is 0 Å². The molecule has 0 N–H and O–H groups in total. The average molecular weight is 450 g/mol. The van der Waals surface area contributed by atoms with Crippen LogP contribution in [0.15, 0.2) is 84.0 Å². The maximum absolute atomic E-state index is 11.3. The van der Waals surface area contributed by atoms with Crippen molar-refractivity contribution in [3.8, 4) is 17.2 Å². The molecule has 0 unspecified atom stereocenters. The van der Waals surface area contributed by atoms with E-state index < -0.39 is 5.97 Å². The van der Waals surface area contributed by atoms with Crippen LogP contribution >= 0.6 is 0 Å². The Labute approximate surface area is 193 Å². The van der Waals surface area contributed by atoms with Crippen LogP contribution in [0.5, 0.6) is 17.2 Å². The minimum atomic E-state index is -0.396. The molecule has 0 aliphatic rings. The van der Waals surface area contributed by atoms with Crippen LogP contribution in [0.25, 0.3) is 0 Å². The molecule has 0 radical (unpaired) electrons. The van der Waals surface area contributed by atoms with Gasteiger partial charge in [0.05, 0.1) is 6.61 Å². The number of benzene rings is 3. The molecule has 172 valence electrons. The molecule has 0 aliphatic carbocycles. The topological polar surface area (TPSA) is 75.6 Å². The van der Waals surface area contributed by atoms with Gasteiger partial charge in [-0.2, -0.15) is 0 Å². The van der Waals surface area contributed by atoms with E-state index in [2.05, 4.69) is 5.16 Å². The zero-order valence-corrected chi connectivity index (χ0v) is 18.7. The number of carbonyl (C=O) groups is 1. The summed E-state index contributed by atoms with van der Waals surface area (Å²) in [7, 11) is 1.52. The highest BCUT2D eigenvalue weighted by molar-refractivity contribution is 6.01. The van der Waals surface area contributed by atoms with E-state index in [-0.39, 0.29) is 13.2 Å². The molecule has 0 heterocycles. The van der Waals surface area contributed by atoms with Crippen molar-refractivity contribution in [2.45, 2.75) is 13.5 Å². The van der Waals surface area contributed by atoms with Crippen molar-refractivity contribution >= 4 is 11.7 Å². The normalized spacial score (nSPS) is 10.9. The lowest BCUT2D eigenvalue weighted by molar-refractivity contribution is -0.145. The van der Waals surface area contributed by atoms with Gasteiger partial charge in [0.2, 0.25) is 0 Å². The van der Waals surface area contributed by atoms with E-state index in [4.69, 9.17) is 23.8 Å². The number of rotatable bonds is 12. The summed E-state index contributed by atoms with van der Waals surface area (Å²) < 4.78 is 21.9. The zero-order valence-electron chi connectivity index (χ0n) is 18.7. The number of ether oxygens (including phenoxy) is 4. The molecule has 0 aliphatic heterocycles. The zero-order chi connectivity index (χ0) is 23.3. The summed E-state index contributed by atoms with van der Waals surface area (Å²) in [4.78, 5) is 16.3. The van der Waals surface area contributed by atoms with Gasteiger partial charge >= 0.3 is 5.97 Å². The van der Waals surface area contributed by atoms with E-state index in [0.29, 0.717) is 30.4 Å². The quantitative estimate of drug-likeness (QED) is 0.228. The number of hydrogen-bond acceptors (Lipinski definition) is 7. The molecule has 0 aromatic heterocycles. The molecule has 0 atom stereocenters. The summed E-state index contributed by atoms with van der Waals surface area (Å²) >= 11 is 0. The maximum atomic E-state index is 11.3. The van der Waals surface area contributed by atoms with Crippen molar-refractivity contribution in [1.82, 2.24) is 0 Å². The highest BCUT2D eigenvalue weighted by Gasteiger charge is 2.07. The Morgan fingerprint density at radius 2 is 1.33 bits per heavy atom. The number of hydrogen-bond donors (Lipinski definition) is 0. The lowest BCUT2D eigenvalue weighted by Gasteiger charge is -2.11.